The number of nitrogens with zero attached hydrogens (tertiary/aromatic N) is 3. The van der Waals surface area contributed by atoms with Crippen LogP contribution in [-0.2, 0) is 0 Å². The summed E-state index contributed by atoms with van der Waals surface area (Å²) in [7, 11) is 0. The fourth-order valence-corrected chi connectivity index (χ4v) is 1.18. The zero-order valence-electron chi connectivity index (χ0n) is 7.36. The second-order valence-electron chi connectivity index (χ2n) is 2.54. The fourth-order valence-electron chi connectivity index (χ4n) is 0.777. The first kappa shape index (κ1) is 10.6. The molecule has 72 valence electrons. The van der Waals surface area contributed by atoms with Crippen LogP contribution in [0.1, 0.15) is 17.4 Å². The third-order valence-electron chi connectivity index (χ3n) is 1.42. The van der Waals surface area contributed by atoms with Gasteiger partial charge in [-0.15, -0.1) is 0 Å². The van der Waals surface area contributed by atoms with Gasteiger partial charge in [0.2, 0.25) is 0 Å². The van der Waals surface area contributed by atoms with E-state index in [-0.39, 0.29) is 5.69 Å². The molecule has 0 aromatic carbocycles. The van der Waals surface area contributed by atoms with Crippen LogP contribution in [0.2, 0.25) is 0 Å². The average molecular weight is 255 g/mol. The van der Waals surface area contributed by atoms with Crippen LogP contribution in [0.4, 0.5) is 0 Å². The lowest BCUT2D eigenvalue weighted by Gasteiger charge is -2.05. The number of aromatic nitrogens is 2. The molecule has 0 aliphatic rings. The lowest BCUT2D eigenvalue weighted by Crippen LogP contribution is -2.32. The van der Waals surface area contributed by atoms with Gasteiger partial charge in [-0.05, 0) is 22.9 Å². The number of hydrogen-bond acceptors (Lipinski definition) is 4. The van der Waals surface area contributed by atoms with Crippen molar-refractivity contribution in [3.05, 3.63) is 22.7 Å². The molecule has 1 aromatic rings. The molecule has 1 amide bonds. The highest BCUT2D eigenvalue weighted by atomic mass is 79.9. The molecule has 0 bridgehead atoms. The highest BCUT2D eigenvalue weighted by molar-refractivity contribution is 9.10. The minimum Gasteiger partial charge on any atom is -0.335 e. The van der Waals surface area contributed by atoms with Crippen LogP contribution in [-0.4, -0.2) is 21.9 Å². The van der Waals surface area contributed by atoms with E-state index in [1.807, 2.05) is 6.07 Å². The summed E-state index contributed by atoms with van der Waals surface area (Å²) in [5.74, 6) is -0.395. The van der Waals surface area contributed by atoms with Crippen molar-refractivity contribution in [1.82, 2.24) is 15.3 Å². The van der Waals surface area contributed by atoms with Crippen molar-refractivity contribution in [2.45, 2.75) is 13.0 Å². The average Bonchev–Trinajstić information content (AvgIpc) is 2.18. The van der Waals surface area contributed by atoms with Gasteiger partial charge in [-0.3, -0.25) is 4.79 Å². The summed E-state index contributed by atoms with van der Waals surface area (Å²) in [6.45, 7) is 1.59. The van der Waals surface area contributed by atoms with Gasteiger partial charge < -0.3 is 5.32 Å². The fraction of sp³-hybridized carbons (Fsp3) is 0.250. The van der Waals surface area contributed by atoms with Crippen LogP contribution in [0.3, 0.4) is 0 Å². The number of hydrogen-bond donors (Lipinski definition) is 1. The molecule has 0 radical (unpaired) electrons. The molecule has 0 aliphatic carbocycles. The topological polar surface area (TPSA) is 78.7 Å². The molecular weight excluding hydrogens is 248 g/mol. The van der Waals surface area contributed by atoms with Gasteiger partial charge in [-0.2, -0.15) is 5.26 Å². The molecule has 1 aromatic heterocycles. The van der Waals surface area contributed by atoms with Gasteiger partial charge in [-0.25, -0.2) is 9.97 Å². The van der Waals surface area contributed by atoms with Crippen molar-refractivity contribution >= 4 is 21.8 Å². The Kier molecular flexibility index (Phi) is 3.54. The van der Waals surface area contributed by atoms with E-state index in [1.165, 1.54) is 12.5 Å². The maximum absolute atomic E-state index is 11.5. The second kappa shape index (κ2) is 4.67. The standard InChI is InChI=1S/C8H7BrN4O/c1-5(2-10)13-8(14)7-6(9)3-11-4-12-7/h3-5H,1H3,(H,13,14). The number of amides is 1. The van der Waals surface area contributed by atoms with E-state index >= 15 is 0 Å². The summed E-state index contributed by atoms with van der Waals surface area (Å²) in [5, 5.41) is 11.0. The number of nitrogens with one attached hydrogen (secondary N) is 1. The molecule has 0 spiro atoms. The molecule has 0 saturated heterocycles. The van der Waals surface area contributed by atoms with E-state index in [1.54, 1.807) is 6.92 Å². The number of carbonyl (C=O) groups is 1. The Hall–Kier alpha value is -1.48. The highest BCUT2D eigenvalue weighted by Crippen LogP contribution is 2.11. The summed E-state index contributed by atoms with van der Waals surface area (Å²) in [5.41, 5.74) is 0.224. The van der Waals surface area contributed by atoms with Gasteiger partial charge >= 0.3 is 0 Å². The Morgan fingerprint density at radius 2 is 2.50 bits per heavy atom. The van der Waals surface area contributed by atoms with Gasteiger partial charge in [0.15, 0.2) is 0 Å². The molecule has 1 N–H and O–H groups in total. The Morgan fingerprint density at radius 1 is 1.79 bits per heavy atom. The summed E-state index contributed by atoms with van der Waals surface area (Å²) < 4.78 is 0.502. The van der Waals surface area contributed by atoms with Gasteiger partial charge in [0.25, 0.3) is 5.91 Å². The number of nitriles is 1. The van der Waals surface area contributed by atoms with E-state index in [9.17, 15) is 4.79 Å². The second-order valence-corrected chi connectivity index (χ2v) is 3.40. The molecule has 1 unspecified atom stereocenters. The van der Waals surface area contributed by atoms with Gasteiger partial charge in [0.05, 0.1) is 10.5 Å². The van der Waals surface area contributed by atoms with E-state index in [4.69, 9.17) is 5.26 Å². The first-order valence-electron chi connectivity index (χ1n) is 3.81. The summed E-state index contributed by atoms with van der Waals surface area (Å²) in [4.78, 5) is 19.0. The normalized spacial score (nSPS) is 11.5. The first-order valence-corrected chi connectivity index (χ1v) is 4.60. The van der Waals surface area contributed by atoms with Crippen molar-refractivity contribution in [2.75, 3.05) is 0 Å². The van der Waals surface area contributed by atoms with Crippen molar-refractivity contribution < 1.29 is 4.79 Å². The molecule has 5 nitrogen and oxygen atoms in total. The van der Waals surface area contributed by atoms with E-state index < -0.39 is 11.9 Å². The quantitative estimate of drug-likeness (QED) is 0.850. The monoisotopic (exact) mass is 254 g/mol. The summed E-state index contributed by atoms with van der Waals surface area (Å²) in [6.07, 6.45) is 2.75. The maximum atomic E-state index is 11.5. The summed E-state index contributed by atoms with van der Waals surface area (Å²) >= 11 is 3.14. The predicted octanol–water partition coefficient (Wildman–Crippen LogP) is 0.881. The Bertz CT molecular complexity index is 387. The van der Waals surface area contributed by atoms with E-state index in [2.05, 4.69) is 31.2 Å². The number of halogens is 1. The van der Waals surface area contributed by atoms with Crippen molar-refractivity contribution in [1.29, 1.82) is 5.26 Å². The van der Waals surface area contributed by atoms with Gasteiger partial charge in [-0.1, -0.05) is 0 Å². The largest absolute Gasteiger partial charge is 0.335 e. The third kappa shape index (κ3) is 2.50. The van der Waals surface area contributed by atoms with Crippen LogP contribution in [0.15, 0.2) is 17.0 Å². The molecule has 1 heterocycles. The lowest BCUT2D eigenvalue weighted by atomic mass is 10.3. The van der Waals surface area contributed by atoms with Crippen LogP contribution in [0.25, 0.3) is 0 Å². The van der Waals surface area contributed by atoms with Crippen molar-refractivity contribution in [2.24, 2.45) is 0 Å². The molecule has 0 aliphatic heterocycles. The van der Waals surface area contributed by atoms with Crippen LogP contribution in [0.5, 0.6) is 0 Å². The Labute approximate surface area is 89.3 Å². The first-order chi connectivity index (χ1) is 6.65. The van der Waals surface area contributed by atoms with Crippen LogP contribution < -0.4 is 5.32 Å². The molecule has 0 fully saturated rings. The SMILES string of the molecule is CC(C#N)NC(=O)c1ncncc1Br. The van der Waals surface area contributed by atoms with Crippen LogP contribution >= 0.6 is 15.9 Å². The Morgan fingerprint density at radius 3 is 3.07 bits per heavy atom. The predicted molar refractivity (Wildman–Crippen MR) is 52.3 cm³/mol. The minimum absolute atomic E-state index is 0.224. The van der Waals surface area contributed by atoms with Crippen molar-refractivity contribution in [3.8, 4) is 6.07 Å². The Balaban J connectivity index is 2.81. The van der Waals surface area contributed by atoms with Crippen LogP contribution in [0, 0.1) is 11.3 Å². The molecular formula is C8H7BrN4O. The number of rotatable bonds is 2. The molecule has 6 heteroatoms. The molecule has 14 heavy (non-hydrogen) atoms. The zero-order valence-corrected chi connectivity index (χ0v) is 8.95. The van der Waals surface area contributed by atoms with Gasteiger partial charge in [0.1, 0.15) is 18.1 Å². The molecule has 0 saturated carbocycles. The highest BCUT2D eigenvalue weighted by Gasteiger charge is 2.13. The minimum atomic E-state index is -0.538. The lowest BCUT2D eigenvalue weighted by molar-refractivity contribution is 0.0941. The smallest absolute Gasteiger partial charge is 0.272 e. The third-order valence-corrected chi connectivity index (χ3v) is 2.00. The number of carbonyl (C=O) groups excluding carboxylic acids is 1. The molecule has 1 atom stereocenters. The van der Waals surface area contributed by atoms with E-state index in [0.717, 1.165) is 0 Å². The van der Waals surface area contributed by atoms with Crippen molar-refractivity contribution in [3.63, 3.8) is 0 Å². The summed E-state index contributed by atoms with van der Waals surface area (Å²) in [6, 6.07) is 1.36. The van der Waals surface area contributed by atoms with Gasteiger partial charge in [0, 0.05) is 6.20 Å². The van der Waals surface area contributed by atoms with E-state index in [0.29, 0.717) is 4.47 Å². The zero-order chi connectivity index (χ0) is 10.6. The molecule has 1 rings (SSSR count). The maximum Gasteiger partial charge on any atom is 0.272 e.